The summed E-state index contributed by atoms with van der Waals surface area (Å²) in [5, 5.41) is 0. The molecule has 0 saturated carbocycles. The van der Waals surface area contributed by atoms with Gasteiger partial charge in [0.2, 0.25) is 0 Å². The van der Waals surface area contributed by atoms with Crippen LogP contribution in [0.25, 0.3) is 0 Å². The summed E-state index contributed by atoms with van der Waals surface area (Å²) in [4.78, 5) is 0. The summed E-state index contributed by atoms with van der Waals surface area (Å²) in [6, 6.07) is 20.8. The van der Waals surface area contributed by atoms with E-state index in [0.717, 1.165) is 34.2 Å². The summed E-state index contributed by atoms with van der Waals surface area (Å²) in [6.07, 6.45) is 25.3. The van der Waals surface area contributed by atoms with Gasteiger partial charge in [-0.3, -0.25) is 0 Å². The molecule has 2 aromatic rings. The molecule has 6 heteroatoms. The number of benzene rings is 2. The third-order valence-electron chi connectivity index (χ3n) is 10.6. The van der Waals surface area contributed by atoms with Crippen LogP contribution in [-0.4, -0.2) is 69.7 Å². The van der Waals surface area contributed by atoms with Gasteiger partial charge in [-0.1, -0.05) is 158 Å². The first-order chi connectivity index (χ1) is 24.8. The zero-order chi connectivity index (χ0) is 38.3. The van der Waals surface area contributed by atoms with Gasteiger partial charge in [0.1, 0.15) is 18.9 Å². The molecule has 0 saturated heterocycles. The van der Waals surface area contributed by atoms with Crippen LogP contribution in [0.3, 0.4) is 0 Å². The Labute approximate surface area is 347 Å². The summed E-state index contributed by atoms with van der Waals surface area (Å²) in [5.74, 6) is 2.28. The van der Waals surface area contributed by atoms with Crippen molar-refractivity contribution in [2.75, 3.05) is 54.5 Å². The molecule has 0 amide bonds. The number of halogens is 2. The molecule has 1 aliphatic rings. The molecule has 0 N–H and O–H groups in total. The Kier molecular flexibility index (Phi) is 27.6. The van der Waals surface area contributed by atoms with Gasteiger partial charge in [0.05, 0.1) is 47.9 Å². The number of ether oxygens (including phenoxy) is 2. The molecule has 0 spiro atoms. The zero-order valence-electron chi connectivity index (χ0n) is 36.4. The molecule has 0 aromatic heterocycles. The van der Waals surface area contributed by atoms with Crippen molar-refractivity contribution in [1.82, 2.24) is 0 Å². The van der Waals surface area contributed by atoms with Gasteiger partial charge < -0.3 is 43.3 Å². The van der Waals surface area contributed by atoms with E-state index in [2.05, 4.69) is 118 Å². The van der Waals surface area contributed by atoms with Crippen LogP contribution in [-0.2, 0) is 11.3 Å². The van der Waals surface area contributed by atoms with Crippen molar-refractivity contribution >= 4 is 0 Å². The average Bonchev–Trinajstić information content (AvgIpc) is 3.09. The molecule has 54 heavy (non-hydrogen) atoms. The van der Waals surface area contributed by atoms with Crippen LogP contribution in [0.2, 0.25) is 0 Å². The highest BCUT2D eigenvalue weighted by atomic mass is 35.5. The fourth-order valence-electron chi connectivity index (χ4n) is 7.74. The summed E-state index contributed by atoms with van der Waals surface area (Å²) in [6.45, 7) is 18.5. The lowest BCUT2D eigenvalue weighted by Gasteiger charge is -2.44. The fourth-order valence-corrected chi connectivity index (χ4v) is 7.74. The van der Waals surface area contributed by atoms with Crippen molar-refractivity contribution in [3.05, 3.63) is 90.0 Å². The molecule has 0 bridgehead atoms. The third-order valence-corrected chi connectivity index (χ3v) is 10.6. The van der Waals surface area contributed by atoms with E-state index < -0.39 is 0 Å². The monoisotopic (exact) mass is 789 g/mol. The Morgan fingerprint density at radius 2 is 1.24 bits per heavy atom. The van der Waals surface area contributed by atoms with Crippen LogP contribution in [0.4, 0.5) is 0 Å². The van der Waals surface area contributed by atoms with Crippen LogP contribution >= 0.6 is 0 Å². The van der Waals surface area contributed by atoms with Crippen molar-refractivity contribution in [2.45, 2.75) is 138 Å². The van der Waals surface area contributed by atoms with Gasteiger partial charge in [0, 0.05) is 17.9 Å². The largest absolute Gasteiger partial charge is 1.00 e. The second-order valence-corrected chi connectivity index (χ2v) is 17.9. The van der Waals surface area contributed by atoms with E-state index in [4.69, 9.17) is 9.47 Å². The molecule has 2 aromatic carbocycles. The molecule has 4 nitrogen and oxygen atoms in total. The van der Waals surface area contributed by atoms with Gasteiger partial charge in [-0.2, -0.15) is 0 Å². The van der Waals surface area contributed by atoms with Gasteiger partial charge >= 0.3 is 0 Å². The Bertz CT molecular complexity index is 1250. The predicted octanol–water partition coefficient (Wildman–Crippen LogP) is 6.66. The van der Waals surface area contributed by atoms with E-state index in [1.165, 1.54) is 94.7 Å². The Morgan fingerprint density at radius 1 is 0.685 bits per heavy atom. The van der Waals surface area contributed by atoms with E-state index in [-0.39, 0.29) is 36.5 Å². The van der Waals surface area contributed by atoms with Gasteiger partial charge in [-0.05, 0) is 56.1 Å². The lowest BCUT2D eigenvalue weighted by molar-refractivity contribution is -0.940. The normalized spacial score (nSPS) is 16.2. The molecule has 310 valence electrons. The number of quaternary nitrogens is 2. The maximum atomic E-state index is 6.20. The van der Waals surface area contributed by atoms with E-state index in [1.807, 2.05) is 30.3 Å². The topological polar surface area (TPSA) is 18.5 Å². The molecule has 0 aliphatic heterocycles. The summed E-state index contributed by atoms with van der Waals surface area (Å²) in [7, 11) is 9.32. The van der Waals surface area contributed by atoms with Crippen LogP contribution in [0.15, 0.2) is 84.5 Å². The third kappa shape index (κ3) is 23.3. The number of allylic oxidation sites excluding steroid dienone is 3. The van der Waals surface area contributed by atoms with Gasteiger partial charge in [-0.25, -0.2) is 0 Å². The maximum absolute atomic E-state index is 6.20. The standard InChI is InChI=1S/C27H44NO2.C21H38N.2ClH/c1-22(2)19-25-13-15-27(16-14-25,20-23(3)4)21-28(6,7)24(5)29-17-18-30-26-11-9-8-10-12-26;1-4-5-6-7-8-9-10-11-12-16-19-22(2,3)20-21-17-14-13-15-18-21;;/h8-15,22-24H,16-21H2,1-7H3;13-15,17-18H,4-12,16,19-20H2,1-3H3;2*1H/q2*+1;;/p-2. The van der Waals surface area contributed by atoms with Gasteiger partial charge in [0.15, 0.2) is 6.23 Å². The quantitative estimate of drug-likeness (QED) is 0.0637. The van der Waals surface area contributed by atoms with Gasteiger partial charge in [-0.15, -0.1) is 0 Å². The molecular weight excluding hydrogens is 707 g/mol. The van der Waals surface area contributed by atoms with Crippen molar-refractivity contribution in [3.63, 3.8) is 0 Å². The Morgan fingerprint density at radius 3 is 1.76 bits per heavy atom. The summed E-state index contributed by atoms with van der Waals surface area (Å²) >= 11 is 0. The smallest absolute Gasteiger partial charge is 0.190 e. The highest BCUT2D eigenvalue weighted by molar-refractivity contribution is 5.27. The number of nitrogens with zero attached hydrogens (tertiary/aromatic N) is 2. The summed E-state index contributed by atoms with van der Waals surface area (Å²) < 4.78 is 13.9. The Balaban J connectivity index is 0.00000105. The van der Waals surface area contributed by atoms with Crippen molar-refractivity contribution < 1.29 is 43.3 Å². The zero-order valence-corrected chi connectivity index (χ0v) is 37.9. The number of unbranched alkanes of at least 4 members (excludes halogenated alkanes) is 9. The first-order valence-corrected chi connectivity index (χ1v) is 21.1. The SMILES string of the molecule is CC(C)CC1=CCC(CC(C)C)(C[N+](C)(C)C(C)OCCOc2ccccc2)C=C1.CCCCCCCCCCCC[N+](C)(C)Cc1ccccc1.[Cl-].[Cl-]. The minimum Gasteiger partial charge on any atom is -1.00 e. The predicted molar refractivity (Wildman–Crippen MR) is 226 cm³/mol. The molecule has 0 radical (unpaired) electrons. The average molecular weight is 790 g/mol. The van der Waals surface area contributed by atoms with Gasteiger partial charge in [0.25, 0.3) is 0 Å². The molecule has 2 atom stereocenters. The number of para-hydroxylation sites is 1. The second kappa shape index (κ2) is 28.6. The Hall–Kier alpha value is -1.82. The first-order valence-electron chi connectivity index (χ1n) is 21.1. The van der Waals surface area contributed by atoms with Crippen LogP contribution in [0.1, 0.15) is 131 Å². The van der Waals surface area contributed by atoms with Crippen LogP contribution < -0.4 is 29.6 Å². The van der Waals surface area contributed by atoms with E-state index >= 15 is 0 Å². The fraction of sp³-hybridized carbons (Fsp3) is 0.667. The van der Waals surface area contributed by atoms with E-state index in [9.17, 15) is 0 Å². The highest BCUT2D eigenvalue weighted by Crippen LogP contribution is 2.40. The minimum atomic E-state index is 0. The molecule has 0 fully saturated rings. The molecule has 0 heterocycles. The number of hydrogen-bond donors (Lipinski definition) is 0. The maximum Gasteiger partial charge on any atom is 0.190 e. The lowest BCUT2D eigenvalue weighted by atomic mass is 9.73. The molecule has 2 unspecified atom stereocenters. The molecular formula is C48H82Cl2N2O2. The second-order valence-electron chi connectivity index (χ2n) is 17.9. The first kappa shape index (κ1) is 52.2. The van der Waals surface area contributed by atoms with Crippen LogP contribution in [0.5, 0.6) is 5.75 Å². The number of hydrogen-bond acceptors (Lipinski definition) is 2. The van der Waals surface area contributed by atoms with Crippen molar-refractivity contribution in [3.8, 4) is 5.75 Å². The molecule has 1 aliphatic carbocycles. The van der Waals surface area contributed by atoms with E-state index in [1.54, 1.807) is 0 Å². The van der Waals surface area contributed by atoms with Crippen LogP contribution in [0, 0.1) is 17.3 Å². The molecule has 3 rings (SSSR count). The van der Waals surface area contributed by atoms with E-state index in [0.29, 0.717) is 25.0 Å². The number of rotatable bonds is 25. The highest BCUT2D eigenvalue weighted by Gasteiger charge is 2.39. The van der Waals surface area contributed by atoms with Crippen molar-refractivity contribution in [1.29, 1.82) is 0 Å². The lowest BCUT2D eigenvalue weighted by Crippen LogP contribution is -3.00. The summed E-state index contributed by atoms with van der Waals surface area (Å²) in [5.41, 5.74) is 3.16. The minimum absolute atomic E-state index is 0. The van der Waals surface area contributed by atoms with Crippen molar-refractivity contribution in [2.24, 2.45) is 17.3 Å².